The lowest BCUT2D eigenvalue weighted by atomic mass is 10.4. The third-order valence-corrected chi connectivity index (χ3v) is 0.827. The molecule has 1 rings (SSSR count). The van der Waals surface area contributed by atoms with Gasteiger partial charge in [0.05, 0.1) is 0 Å². The molecule has 0 atom stereocenters. The van der Waals surface area contributed by atoms with Crippen LogP contribution in [-0.2, 0) is 4.74 Å². The van der Waals surface area contributed by atoms with Crippen molar-refractivity contribution in [2.45, 2.75) is 12.8 Å². The molecule has 6 heavy (non-hydrogen) atoms. The number of rotatable bonds is 0. The minimum Gasteiger partial charge on any atom is -0.412 e. The third kappa shape index (κ3) is 1.38. The summed E-state index contributed by atoms with van der Waals surface area (Å²) in [7, 11) is 0. The Morgan fingerprint density at radius 2 is 1.50 bits per heavy atom. The molecule has 1 aliphatic heterocycles. The van der Waals surface area contributed by atoms with Crippen LogP contribution in [0, 0.1) is 0 Å². The van der Waals surface area contributed by atoms with Crippen molar-refractivity contribution < 1.29 is 10.2 Å². The topological polar surface area (TPSA) is 40.7 Å². The van der Waals surface area contributed by atoms with Gasteiger partial charge in [-0.25, -0.2) is 0 Å². The summed E-state index contributed by atoms with van der Waals surface area (Å²) in [6, 6.07) is 0. The van der Waals surface area contributed by atoms with Crippen molar-refractivity contribution in [1.29, 1.82) is 0 Å². The van der Waals surface area contributed by atoms with Crippen molar-refractivity contribution in [2.75, 3.05) is 13.2 Å². The summed E-state index contributed by atoms with van der Waals surface area (Å²) in [6.45, 7) is 2.00. The van der Waals surface area contributed by atoms with Gasteiger partial charge in [-0.05, 0) is 12.8 Å². The minimum absolute atomic E-state index is 0. The molecule has 0 radical (unpaired) electrons. The van der Waals surface area contributed by atoms with Crippen LogP contribution >= 0.6 is 0 Å². The predicted octanol–water partition coefficient (Wildman–Crippen LogP) is -0.0279. The van der Waals surface area contributed by atoms with Crippen molar-refractivity contribution in [3.05, 3.63) is 0 Å². The van der Waals surface area contributed by atoms with Crippen molar-refractivity contribution in [2.24, 2.45) is 0 Å². The van der Waals surface area contributed by atoms with E-state index in [9.17, 15) is 0 Å². The van der Waals surface area contributed by atoms with E-state index >= 15 is 0 Å². The van der Waals surface area contributed by atoms with Crippen LogP contribution in [0.4, 0.5) is 0 Å². The first-order valence-electron chi connectivity index (χ1n) is 2.08. The van der Waals surface area contributed by atoms with Crippen LogP contribution in [0.1, 0.15) is 12.8 Å². The highest BCUT2D eigenvalue weighted by Crippen LogP contribution is 1.98. The van der Waals surface area contributed by atoms with Crippen LogP contribution in [0.25, 0.3) is 0 Å². The summed E-state index contributed by atoms with van der Waals surface area (Å²) in [5.74, 6) is 0. The summed E-state index contributed by atoms with van der Waals surface area (Å²) in [5.41, 5.74) is 0. The maximum atomic E-state index is 4.94. The van der Waals surface area contributed by atoms with E-state index in [1.165, 1.54) is 12.8 Å². The molecule has 1 saturated heterocycles. The first kappa shape index (κ1) is 5.92. The van der Waals surface area contributed by atoms with Crippen molar-refractivity contribution >= 4 is 0 Å². The van der Waals surface area contributed by atoms with E-state index in [1.807, 2.05) is 0 Å². The highest BCUT2D eigenvalue weighted by Gasteiger charge is 1.94. The van der Waals surface area contributed by atoms with Crippen LogP contribution in [0.2, 0.25) is 0 Å². The molecule has 0 aromatic rings. The van der Waals surface area contributed by atoms with Gasteiger partial charge in [-0.2, -0.15) is 0 Å². The second-order valence-electron chi connectivity index (χ2n) is 1.32. The molecule has 0 bridgehead atoms. The molecule has 38 valence electrons. The van der Waals surface area contributed by atoms with Crippen molar-refractivity contribution in [3.63, 3.8) is 0 Å². The van der Waals surface area contributed by atoms with Gasteiger partial charge in [0.1, 0.15) is 0 Å². The van der Waals surface area contributed by atoms with Gasteiger partial charge < -0.3 is 10.2 Å². The molecule has 2 nitrogen and oxygen atoms in total. The predicted molar refractivity (Wildman–Crippen MR) is 23.7 cm³/mol. The first-order valence-corrected chi connectivity index (χ1v) is 2.08. The van der Waals surface area contributed by atoms with E-state index in [2.05, 4.69) is 0 Å². The Morgan fingerprint density at radius 1 is 1.00 bits per heavy atom. The maximum absolute atomic E-state index is 4.94. The maximum Gasteiger partial charge on any atom is 0.0466 e. The fourth-order valence-electron chi connectivity index (χ4n) is 0.510. The zero-order valence-electron chi connectivity index (χ0n) is 3.74. The van der Waals surface area contributed by atoms with Gasteiger partial charge in [0.2, 0.25) is 0 Å². The molecule has 0 aromatic heterocycles. The van der Waals surface area contributed by atoms with Gasteiger partial charge in [-0.15, -0.1) is 0 Å². The fourth-order valence-corrected chi connectivity index (χ4v) is 0.510. The Bertz CT molecular complexity index is 17.1. The average Bonchev–Trinajstić information content (AvgIpc) is 1.76. The zero-order chi connectivity index (χ0) is 3.54. The Balaban J connectivity index is 0.000000250. The van der Waals surface area contributed by atoms with Crippen LogP contribution < -0.4 is 0 Å². The van der Waals surface area contributed by atoms with Crippen molar-refractivity contribution in [1.82, 2.24) is 0 Å². The summed E-state index contributed by atoms with van der Waals surface area (Å²) >= 11 is 0. The Kier molecular flexibility index (Phi) is 3.08. The van der Waals surface area contributed by atoms with Gasteiger partial charge in [0.25, 0.3) is 0 Å². The summed E-state index contributed by atoms with van der Waals surface area (Å²) < 4.78 is 4.94. The number of hydrogen-bond acceptors (Lipinski definition) is 1. The highest BCUT2D eigenvalue weighted by molar-refractivity contribution is 4.43. The molecule has 0 saturated carbocycles. The van der Waals surface area contributed by atoms with Gasteiger partial charge in [0.15, 0.2) is 0 Å². The molecule has 1 aliphatic rings. The Hall–Kier alpha value is -0.0800. The monoisotopic (exact) mass is 90.1 g/mol. The zero-order valence-corrected chi connectivity index (χ0v) is 3.74. The van der Waals surface area contributed by atoms with Gasteiger partial charge in [0, 0.05) is 13.2 Å². The molecule has 0 spiro atoms. The average molecular weight is 90.1 g/mol. The van der Waals surface area contributed by atoms with Gasteiger partial charge in [-0.3, -0.25) is 0 Å². The van der Waals surface area contributed by atoms with E-state index in [0.29, 0.717) is 0 Å². The SMILES string of the molecule is C1CCOC1.O. The molecule has 2 heteroatoms. The molecule has 1 fully saturated rings. The molecule has 0 aliphatic carbocycles. The molecule has 0 unspecified atom stereocenters. The second-order valence-corrected chi connectivity index (χ2v) is 1.32. The molecular weight excluding hydrogens is 80.0 g/mol. The molecule has 0 amide bonds. The highest BCUT2D eigenvalue weighted by atomic mass is 16.5. The van der Waals surface area contributed by atoms with Crippen LogP contribution in [0.5, 0.6) is 0 Å². The molecular formula is C4H10O2. The third-order valence-electron chi connectivity index (χ3n) is 0.827. The molecule has 0 aromatic carbocycles. The fraction of sp³-hybridized carbons (Fsp3) is 1.00. The first-order chi connectivity index (χ1) is 2.50. The van der Waals surface area contributed by atoms with Gasteiger partial charge in [-0.1, -0.05) is 0 Å². The van der Waals surface area contributed by atoms with Crippen LogP contribution in [0.15, 0.2) is 0 Å². The molecule has 1 heterocycles. The normalized spacial score (nSPS) is 20.0. The lowest BCUT2D eigenvalue weighted by Crippen LogP contribution is -1.74. The number of ether oxygens (including phenoxy) is 1. The lowest BCUT2D eigenvalue weighted by molar-refractivity contribution is 0.198. The van der Waals surface area contributed by atoms with E-state index in [-0.39, 0.29) is 5.48 Å². The largest absolute Gasteiger partial charge is 0.412 e. The summed E-state index contributed by atoms with van der Waals surface area (Å²) in [5, 5.41) is 0. The van der Waals surface area contributed by atoms with Gasteiger partial charge >= 0.3 is 0 Å². The second kappa shape index (κ2) is 3.12. The lowest BCUT2D eigenvalue weighted by Gasteiger charge is -1.76. The van der Waals surface area contributed by atoms with Crippen LogP contribution in [-0.4, -0.2) is 18.7 Å². The quantitative estimate of drug-likeness (QED) is 0.412. The number of hydrogen-bond donors (Lipinski definition) is 0. The van der Waals surface area contributed by atoms with Crippen LogP contribution in [0.3, 0.4) is 0 Å². The van der Waals surface area contributed by atoms with E-state index in [4.69, 9.17) is 4.74 Å². The van der Waals surface area contributed by atoms with Crippen molar-refractivity contribution in [3.8, 4) is 0 Å². The Labute approximate surface area is 37.4 Å². The minimum atomic E-state index is 0. The van der Waals surface area contributed by atoms with E-state index in [0.717, 1.165) is 13.2 Å². The molecule has 2 N–H and O–H groups in total. The standard InChI is InChI=1S/C4H8O.H2O/c1-2-4-5-3-1;/h1-4H2;1H2. The smallest absolute Gasteiger partial charge is 0.0466 e. The van der Waals surface area contributed by atoms with E-state index < -0.39 is 0 Å². The summed E-state index contributed by atoms with van der Waals surface area (Å²) in [4.78, 5) is 0. The Morgan fingerprint density at radius 3 is 1.67 bits per heavy atom. The van der Waals surface area contributed by atoms with E-state index in [1.54, 1.807) is 0 Å². The summed E-state index contributed by atoms with van der Waals surface area (Å²) in [6.07, 6.45) is 2.56.